The van der Waals surface area contributed by atoms with Crippen molar-refractivity contribution in [2.75, 3.05) is 0 Å². The van der Waals surface area contributed by atoms with Gasteiger partial charge in [-0.3, -0.25) is 9.59 Å². The summed E-state index contributed by atoms with van der Waals surface area (Å²) in [4.78, 5) is 38.0. The Labute approximate surface area is 116 Å². The van der Waals surface area contributed by atoms with Gasteiger partial charge >= 0.3 is 5.97 Å². The van der Waals surface area contributed by atoms with Crippen LogP contribution in [0.5, 0.6) is 0 Å². The van der Waals surface area contributed by atoms with Crippen molar-refractivity contribution in [2.24, 2.45) is 5.92 Å². The van der Waals surface area contributed by atoms with Crippen molar-refractivity contribution < 1.29 is 14.7 Å². The number of carboxylic acids is 1. The van der Waals surface area contributed by atoms with Gasteiger partial charge in [-0.25, -0.2) is 4.79 Å². The maximum absolute atomic E-state index is 12.2. The fourth-order valence-electron chi connectivity index (χ4n) is 2.79. The third-order valence-corrected chi connectivity index (χ3v) is 3.83. The average molecular weight is 278 g/mol. The van der Waals surface area contributed by atoms with E-state index in [4.69, 9.17) is 0 Å². The second-order valence-electron chi connectivity index (χ2n) is 5.47. The van der Waals surface area contributed by atoms with Crippen molar-refractivity contribution in [3.05, 3.63) is 34.2 Å². The molecule has 108 valence electrons. The number of nitrogens with one attached hydrogen (secondary N) is 2. The monoisotopic (exact) mass is 278 g/mol. The summed E-state index contributed by atoms with van der Waals surface area (Å²) in [6, 6.07) is 1.24. The van der Waals surface area contributed by atoms with Crippen molar-refractivity contribution in [2.45, 2.75) is 38.1 Å². The van der Waals surface area contributed by atoms with E-state index in [9.17, 15) is 19.5 Å². The lowest BCUT2D eigenvalue weighted by molar-refractivity contribution is -0.146. The Morgan fingerprint density at radius 3 is 2.85 bits per heavy atom. The van der Waals surface area contributed by atoms with Crippen LogP contribution in [0.2, 0.25) is 0 Å². The zero-order valence-corrected chi connectivity index (χ0v) is 11.3. The summed E-state index contributed by atoms with van der Waals surface area (Å²) in [5.74, 6) is -1.44. The maximum atomic E-state index is 12.2. The van der Waals surface area contributed by atoms with Crippen LogP contribution in [0, 0.1) is 5.92 Å². The number of hydrogen-bond donors (Lipinski definition) is 3. The SMILES string of the molecule is CC1CCCC(NC(=O)c2c[nH]ccc2=O)(C(=O)O)C1. The largest absolute Gasteiger partial charge is 0.480 e. The van der Waals surface area contributed by atoms with E-state index in [1.807, 2.05) is 6.92 Å². The van der Waals surface area contributed by atoms with Crippen LogP contribution in [0.4, 0.5) is 0 Å². The molecule has 0 radical (unpaired) electrons. The van der Waals surface area contributed by atoms with Crippen molar-refractivity contribution in [3.8, 4) is 0 Å². The molecule has 0 spiro atoms. The summed E-state index contributed by atoms with van der Waals surface area (Å²) >= 11 is 0. The first-order valence-corrected chi connectivity index (χ1v) is 6.67. The molecule has 3 N–H and O–H groups in total. The molecule has 1 saturated carbocycles. The van der Waals surface area contributed by atoms with E-state index in [-0.39, 0.29) is 11.5 Å². The first kappa shape index (κ1) is 14.3. The lowest BCUT2D eigenvalue weighted by Gasteiger charge is -2.37. The maximum Gasteiger partial charge on any atom is 0.329 e. The Morgan fingerprint density at radius 1 is 1.50 bits per heavy atom. The predicted octanol–water partition coefficient (Wildman–Crippen LogP) is 1.14. The molecule has 2 atom stereocenters. The van der Waals surface area contributed by atoms with Crippen molar-refractivity contribution in [1.82, 2.24) is 10.3 Å². The summed E-state index contributed by atoms with van der Waals surface area (Å²) in [6.45, 7) is 1.97. The van der Waals surface area contributed by atoms with Gasteiger partial charge in [-0.1, -0.05) is 19.8 Å². The highest BCUT2D eigenvalue weighted by molar-refractivity contribution is 5.97. The smallest absolute Gasteiger partial charge is 0.329 e. The fourth-order valence-corrected chi connectivity index (χ4v) is 2.79. The molecular formula is C14H18N2O4. The standard InChI is InChI=1S/C14H18N2O4/c1-9-3-2-5-14(7-9,13(19)20)16-12(18)10-8-15-6-4-11(10)17/h4,6,8-9H,2-3,5,7H2,1H3,(H,15,17)(H,16,18)(H,19,20). The van der Waals surface area contributed by atoms with E-state index in [2.05, 4.69) is 10.3 Å². The van der Waals surface area contributed by atoms with E-state index < -0.39 is 22.8 Å². The predicted molar refractivity (Wildman–Crippen MR) is 72.5 cm³/mol. The number of aromatic amines is 1. The number of pyridine rings is 1. The molecule has 1 heterocycles. The molecule has 0 saturated heterocycles. The van der Waals surface area contributed by atoms with Crippen LogP contribution in [-0.4, -0.2) is 27.5 Å². The van der Waals surface area contributed by atoms with Gasteiger partial charge in [0.1, 0.15) is 11.1 Å². The van der Waals surface area contributed by atoms with E-state index in [1.165, 1.54) is 18.5 Å². The minimum atomic E-state index is -1.27. The Hall–Kier alpha value is -2.11. The number of rotatable bonds is 3. The van der Waals surface area contributed by atoms with Crippen LogP contribution in [-0.2, 0) is 4.79 Å². The zero-order valence-electron chi connectivity index (χ0n) is 11.3. The van der Waals surface area contributed by atoms with E-state index >= 15 is 0 Å². The molecule has 0 aliphatic heterocycles. The molecule has 1 aromatic heterocycles. The number of carbonyl (C=O) groups excluding carboxylic acids is 1. The number of aliphatic carboxylic acids is 1. The summed E-state index contributed by atoms with van der Waals surface area (Å²) < 4.78 is 0. The van der Waals surface area contributed by atoms with Gasteiger partial charge < -0.3 is 15.4 Å². The Balaban J connectivity index is 2.25. The first-order chi connectivity index (χ1) is 9.44. The topological polar surface area (TPSA) is 99.3 Å². The molecule has 6 heteroatoms. The minimum absolute atomic E-state index is 0.0636. The fraction of sp³-hybridized carbons (Fsp3) is 0.500. The Morgan fingerprint density at radius 2 is 2.25 bits per heavy atom. The molecule has 6 nitrogen and oxygen atoms in total. The summed E-state index contributed by atoms with van der Waals surface area (Å²) in [5.41, 5.74) is -1.76. The molecule has 0 aromatic carbocycles. The van der Waals surface area contributed by atoms with Gasteiger partial charge in [0.15, 0.2) is 5.43 Å². The number of carboxylic acid groups (broad SMARTS) is 1. The van der Waals surface area contributed by atoms with Gasteiger partial charge in [-0.05, 0) is 18.8 Å². The summed E-state index contributed by atoms with van der Waals surface area (Å²) in [6.07, 6.45) is 5.20. The second-order valence-corrected chi connectivity index (χ2v) is 5.47. The molecule has 1 aliphatic rings. The molecule has 1 fully saturated rings. The van der Waals surface area contributed by atoms with Crippen LogP contribution >= 0.6 is 0 Å². The van der Waals surface area contributed by atoms with Gasteiger partial charge in [0.25, 0.3) is 5.91 Å². The van der Waals surface area contributed by atoms with Gasteiger partial charge in [-0.2, -0.15) is 0 Å². The number of H-pyrrole nitrogens is 1. The van der Waals surface area contributed by atoms with Gasteiger partial charge in [-0.15, -0.1) is 0 Å². The van der Waals surface area contributed by atoms with Crippen molar-refractivity contribution in [3.63, 3.8) is 0 Å². The third-order valence-electron chi connectivity index (χ3n) is 3.83. The van der Waals surface area contributed by atoms with Crippen molar-refractivity contribution >= 4 is 11.9 Å². The number of amides is 1. The van der Waals surface area contributed by atoms with E-state index in [0.29, 0.717) is 12.8 Å². The average Bonchev–Trinajstić information content (AvgIpc) is 2.38. The van der Waals surface area contributed by atoms with E-state index in [0.717, 1.165) is 12.8 Å². The molecule has 20 heavy (non-hydrogen) atoms. The number of carbonyl (C=O) groups is 2. The lowest BCUT2D eigenvalue weighted by atomic mass is 9.76. The van der Waals surface area contributed by atoms with Crippen LogP contribution in [0.3, 0.4) is 0 Å². The van der Waals surface area contributed by atoms with Crippen LogP contribution in [0.15, 0.2) is 23.3 Å². The highest BCUT2D eigenvalue weighted by atomic mass is 16.4. The molecule has 1 amide bonds. The highest BCUT2D eigenvalue weighted by Gasteiger charge is 2.43. The molecule has 0 bridgehead atoms. The second kappa shape index (κ2) is 5.48. The Kier molecular flexibility index (Phi) is 3.92. The molecule has 2 unspecified atom stereocenters. The highest BCUT2D eigenvalue weighted by Crippen LogP contribution is 2.32. The molecule has 1 aromatic rings. The van der Waals surface area contributed by atoms with Gasteiger partial charge in [0.05, 0.1) is 0 Å². The quantitative estimate of drug-likeness (QED) is 0.772. The van der Waals surface area contributed by atoms with Crippen LogP contribution in [0.25, 0.3) is 0 Å². The van der Waals surface area contributed by atoms with Gasteiger partial charge in [0.2, 0.25) is 0 Å². The number of aromatic nitrogens is 1. The first-order valence-electron chi connectivity index (χ1n) is 6.67. The van der Waals surface area contributed by atoms with E-state index in [1.54, 1.807) is 0 Å². The molecular weight excluding hydrogens is 260 g/mol. The van der Waals surface area contributed by atoms with Gasteiger partial charge in [0, 0.05) is 18.5 Å². The molecule has 2 rings (SSSR count). The number of hydrogen-bond acceptors (Lipinski definition) is 3. The van der Waals surface area contributed by atoms with Crippen LogP contribution in [0.1, 0.15) is 43.0 Å². The normalized spacial score (nSPS) is 25.9. The van der Waals surface area contributed by atoms with Crippen LogP contribution < -0.4 is 10.7 Å². The third kappa shape index (κ3) is 2.74. The summed E-state index contributed by atoms with van der Waals surface area (Å²) in [7, 11) is 0. The summed E-state index contributed by atoms with van der Waals surface area (Å²) in [5, 5.41) is 12.0. The minimum Gasteiger partial charge on any atom is -0.480 e. The van der Waals surface area contributed by atoms with Crippen molar-refractivity contribution in [1.29, 1.82) is 0 Å². The Bertz CT molecular complexity index is 581. The zero-order chi connectivity index (χ0) is 14.8. The molecule has 1 aliphatic carbocycles. The lowest BCUT2D eigenvalue weighted by Crippen LogP contribution is -2.57.